The molecule has 4 heteroatoms. The Morgan fingerprint density at radius 2 is 1.80 bits per heavy atom. The zero-order valence-corrected chi connectivity index (χ0v) is 12.7. The van der Waals surface area contributed by atoms with Crippen LogP contribution in [0.25, 0.3) is 0 Å². The highest BCUT2D eigenvalue weighted by atomic mass is 35.5. The van der Waals surface area contributed by atoms with Gasteiger partial charge in [-0.3, -0.25) is 0 Å². The van der Waals surface area contributed by atoms with Crippen LogP contribution in [0.3, 0.4) is 0 Å². The molecule has 0 radical (unpaired) electrons. The molecule has 2 atom stereocenters. The molecule has 3 nitrogen and oxygen atoms in total. The van der Waals surface area contributed by atoms with E-state index in [4.69, 9.17) is 11.6 Å². The number of hydrogen-bond donors (Lipinski definition) is 1. The van der Waals surface area contributed by atoms with Crippen LogP contribution >= 0.6 is 11.6 Å². The molecule has 0 aliphatic rings. The van der Waals surface area contributed by atoms with Crippen LogP contribution in [0.4, 0.5) is 5.82 Å². The summed E-state index contributed by atoms with van der Waals surface area (Å²) in [6.07, 6.45) is 1.20. The number of benzene rings is 1. The van der Waals surface area contributed by atoms with E-state index >= 15 is 0 Å². The fourth-order valence-corrected chi connectivity index (χ4v) is 2.30. The normalized spacial score (nSPS) is 13.8. The highest BCUT2D eigenvalue weighted by Crippen LogP contribution is 2.29. The molecule has 0 spiro atoms. The summed E-state index contributed by atoms with van der Waals surface area (Å²) >= 11 is 5.92. The van der Waals surface area contributed by atoms with E-state index in [9.17, 15) is 5.11 Å². The van der Waals surface area contributed by atoms with Crippen molar-refractivity contribution < 1.29 is 5.11 Å². The number of rotatable bonds is 4. The second-order valence-corrected chi connectivity index (χ2v) is 5.37. The average molecular weight is 291 g/mol. The fraction of sp³-hybridized carbons (Fsp3) is 0.312. The molecule has 0 saturated heterocycles. The number of nitrogens with zero attached hydrogens (tertiary/aromatic N) is 2. The van der Waals surface area contributed by atoms with Crippen LogP contribution in [0.15, 0.2) is 42.6 Å². The van der Waals surface area contributed by atoms with Crippen molar-refractivity contribution in [3.05, 3.63) is 58.7 Å². The second-order valence-electron chi connectivity index (χ2n) is 4.93. The molecule has 1 heterocycles. The highest BCUT2D eigenvalue weighted by Gasteiger charge is 2.18. The van der Waals surface area contributed by atoms with Crippen molar-refractivity contribution in [2.24, 2.45) is 0 Å². The van der Waals surface area contributed by atoms with Gasteiger partial charge in [-0.25, -0.2) is 4.98 Å². The molecule has 0 aliphatic carbocycles. The smallest absolute Gasteiger partial charge is 0.134 e. The van der Waals surface area contributed by atoms with E-state index in [1.54, 1.807) is 13.1 Å². The molecule has 2 aromatic rings. The Labute approximate surface area is 124 Å². The van der Waals surface area contributed by atoms with Gasteiger partial charge in [-0.15, -0.1) is 0 Å². The topological polar surface area (TPSA) is 36.4 Å². The molecule has 0 bridgehead atoms. The zero-order chi connectivity index (χ0) is 14.7. The summed E-state index contributed by atoms with van der Waals surface area (Å²) in [5.41, 5.74) is 1.98. The number of halogens is 1. The fourth-order valence-electron chi connectivity index (χ4n) is 2.18. The van der Waals surface area contributed by atoms with Gasteiger partial charge in [-0.1, -0.05) is 29.8 Å². The third-order valence-corrected chi connectivity index (χ3v) is 3.79. The van der Waals surface area contributed by atoms with E-state index < -0.39 is 6.10 Å². The Bertz CT molecular complexity index is 569. The lowest BCUT2D eigenvalue weighted by Crippen LogP contribution is -2.24. The van der Waals surface area contributed by atoms with E-state index in [1.165, 1.54) is 0 Å². The molecule has 2 rings (SSSR count). The summed E-state index contributed by atoms with van der Waals surface area (Å²) in [6.45, 7) is 3.85. The van der Waals surface area contributed by atoms with Gasteiger partial charge in [0.25, 0.3) is 0 Å². The lowest BCUT2D eigenvalue weighted by atomic mass is 10.1. The Morgan fingerprint density at radius 1 is 1.15 bits per heavy atom. The summed E-state index contributed by atoms with van der Waals surface area (Å²) in [6, 6.07) is 11.7. The molecule has 20 heavy (non-hydrogen) atoms. The highest BCUT2D eigenvalue weighted by molar-refractivity contribution is 6.30. The van der Waals surface area contributed by atoms with Gasteiger partial charge in [0.2, 0.25) is 0 Å². The molecule has 1 unspecified atom stereocenters. The minimum atomic E-state index is -0.543. The standard InChI is InChI=1S/C16H19ClN2O/c1-11(13-6-8-14(17)9-7-13)19(3)16-15(12(2)20)5-4-10-18-16/h4-12,20H,1-3H3/t11?,12-/m0/s1. The maximum absolute atomic E-state index is 9.86. The van der Waals surface area contributed by atoms with E-state index in [-0.39, 0.29) is 6.04 Å². The van der Waals surface area contributed by atoms with Gasteiger partial charge in [0.15, 0.2) is 0 Å². The van der Waals surface area contributed by atoms with Crippen molar-refractivity contribution in [1.29, 1.82) is 0 Å². The lowest BCUT2D eigenvalue weighted by Gasteiger charge is -2.28. The molecule has 1 aromatic heterocycles. The van der Waals surface area contributed by atoms with E-state index in [0.717, 1.165) is 22.0 Å². The van der Waals surface area contributed by atoms with Crippen LogP contribution in [0.2, 0.25) is 5.02 Å². The van der Waals surface area contributed by atoms with Gasteiger partial charge in [-0.05, 0) is 37.6 Å². The molecule has 106 valence electrons. The summed E-state index contributed by atoms with van der Waals surface area (Å²) in [4.78, 5) is 6.46. The van der Waals surface area contributed by atoms with Crippen molar-refractivity contribution in [2.75, 3.05) is 11.9 Å². The Balaban J connectivity index is 2.31. The minimum Gasteiger partial charge on any atom is -0.389 e. The van der Waals surface area contributed by atoms with E-state index in [1.807, 2.05) is 43.4 Å². The Kier molecular flexibility index (Phi) is 4.63. The predicted molar refractivity (Wildman–Crippen MR) is 83.1 cm³/mol. The molecule has 1 N–H and O–H groups in total. The number of anilines is 1. The molecule has 0 amide bonds. The van der Waals surface area contributed by atoms with Crippen LogP contribution in [0, 0.1) is 0 Å². The first-order valence-corrected chi connectivity index (χ1v) is 6.99. The van der Waals surface area contributed by atoms with Crippen molar-refractivity contribution in [1.82, 2.24) is 4.98 Å². The molecular weight excluding hydrogens is 272 g/mol. The first kappa shape index (κ1) is 14.8. The Morgan fingerprint density at radius 3 is 2.40 bits per heavy atom. The average Bonchev–Trinajstić information content (AvgIpc) is 2.46. The largest absolute Gasteiger partial charge is 0.389 e. The quantitative estimate of drug-likeness (QED) is 0.925. The van der Waals surface area contributed by atoms with Gasteiger partial charge in [-0.2, -0.15) is 0 Å². The first-order valence-electron chi connectivity index (χ1n) is 6.62. The van der Waals surface area contributed by atoms with Gasteiger partial charge in [0.05, 0.1) is 12.1 Å². The maximum Gasteiger partial charge on any atom is 0.134 e. The predicted octanol–water partition coefficient (Wildman–Crippen LogP) is 3.99. The molecule has 1 aromatic carbocycles. The van der Waals surface area contributed by atoms with Crippen molar-refractivity contribution in [2.45, 2.75) is 26.0 Å². The minimum absolute atomic E-state index is 0.139. The Hall–Kier alpha value is -1.58. The van der Waals surface area contributed by atoms with Crippen LogP contribution < -0.4 is 4.90 Å². The van der Waals surface area contributed by atoms with Crippen LogP contribution in [0.5, 0.6) is 0 Å². The number of aromatic nitrogens is 1. The summed E-state index contributed by atoms with van der Waals surface area (Å²) in [5, 5.41) is 10.6. The van der Waals surface area contributed by atoms with Gasteiger partial charge >= 0.3 is 0 Å². The second kappa shape index (κ2) is 6.25. The third kappa shape index (κ3) is 3.11. The van der Waals surface area contributed by atoms with Crippen LogP contribution in [-0.4, -0.2) is 17.1 Å². The van der Waals surface area contributed by atoms with E-state index in [2.05, 4.69) is 16.8 Å². The molecule has 0 saturated carbocycles. The molecule has 0 aliphatic heterocycles. The zero-order valence-electron chi connectivity index (χ0n) is 11.9. The number of aliphatic hydroxyl groups excluding tert-OH is 1. The molecule has 0 fully saturated rings. The van der Waals surface area contributed by atoms with Crippen LogP contribution in [-0.2, 0) is 0 Å². The first-order chi connectivity index (χ1) is 9.50. The van der Waals surface area contributed by atoms with Gasteiger partial charge in [0.1, 0.15) is 5.82 Å². The van der Waals surface area contributed by atoms with Crippen molar-refractivity contribution >= 4 is 17.4 Å². The number of hydrogen-bond acceptors (Lipinski definition) is 3. The SMILES string of the molecule is CC(c1ccc(Cl)cc1)N(C)c1ncccc1[C@H](C)O. The molecular formula is C16H19ClN2O. The van der Waals surface area contributed by atoms with Crippen LogP contribution in [0.1, 0.15) is 37.1 Å². The summed E-state index contributed by atoms with van der Waals surface area (Å²) in [7, 11) is 1.98. The summed E-state index contributed by atoms with van der Waals surface area (Å²) < 4.78 is 0. The lowest BCUT2D eigenvalue weighted by molar-refractivity contribution is 0.199. The van der Waals surface area contributed by atoms with Gasteiger partial charge in [0, 0.05) is 23.8 Å². The monoisotopic (exact) mass is 290 g/mol. The van der Waals surface area contributed by atoms with Gasteiger partial charge < -0.3 is 10.0 Å². The maximum atomic E-state index is 9.86. The van der Waals surface area contributed by atoms with Crippen molar-refractivity contribution in [3.63, 3.8) is 0 Å². The van der Waals surface area contributed by atoms with Crippen molar-refractivity contribution in [3.8, 4) is 0 Å². The number of pyridine rings is 1. The third-order valence-electron chi connectivity index (χ3n) is 3.53. The van der Waals surface area contributed by atoms with E-state index in [0.29, 0.717) is 0 Å². The summed E-state index contributed by atoms with van der Waals surface area (Å²) in [5.74, 6) is 0.796. The number of aliphatic hydroxyl groups is 1.